The lowest BCUT2D eigenvalue weighted by Crippen LogP contribution is -2.44. The van der Waals surface area contributed by atoms with Crippen molar-refractivity contribution in [2.75, 3.05) is 23.8 Å². The van der Waals surface area contributed by atoms with Crippen LogP contribution >= 0.6 is 0 Å². The van der Waals surface area contributed by atoms with Gasteiger partial charge in [-0.15, -0.1) is 0 Å². The maximum absolute atomic E-state index is 13.2. The normalized spacial score (nSPS) is 15.2. The Morgan fingerprint density at radius 1 is 1.03 bits per heavy atom. The minimum Gasteiger partial charge on any atom is -0.497 e. The molecule has 3 aromatic carbocycles. The first-order valence-corrected chi connectivity index (χ1v) is 10.4. The molecule has 0 bridgehead atoms. The number of sulfonamides is 1. The lowest BCUT2D eigenvalue weighted by Gasteiger charge is -2.25. The van der Waals surface area contributed by atoms with Crippen molar-refractivity contribution in [1.29, 1.82) is 0 Å². The van der Waals surface area contributed by atoms with Crippen LogP contribution in [-0.4, -0.2) is 34.6 Å². The Morgan fingerprint density at radius 3 is 2.45 bits per heavy atom. The number of hydrogen-bond acceptors (Lipinski definition) is 5. The van der Waals surface area contributed by atoms with Gasteiger partial charge < -0.3 is 14.8 Å². The van der Waals surface area contributed by atoms with E-state index in [-0.39, 0.29) is 4.90 Å². The number of ether oxygens (including phenoxy) is 2. The zero-order chi connectivity index (χ0) is 20.8. The van der Waals surface area contributed by atoms with E-state index >= 15 is 0 Å². The van der Waals surface area contributed by atoms with Crippen LogP contribution in [0.2, 0.25) is 0 Å². The Labute approximate surface area is 168 Å². The van der Waals surface area contributed by atoms with Crippen LogP contribution in [0, 0.1) is 0 Å². The summed E-state index contributed by atoms with van der Waals surface area (Å²) in [6.45, 7) is 1.56. The first-order valence-electron chi connectivity index (χ1n) is 8.97. The van der Waals surface area contributed by atoms with Gasteiger partial charge in [-0.1, -0.05) is 24.3 Å². The SMILES string of the molecule is COc1ccc(NC(=O)[C@H](C)N2c3cccc4cccc(c34)S2(=O)=O)c(OC)c1. The third kappa shape index (κ3) is 2.96. The number of rotatable bonds is 5. The average molecular weight is 412 g/mol. The summed E-state index contributed by atoms with van der Waals surface area (Å²) in [6.07, 6.45) is 0. The first-order chi connectivity index (χ1) is 13.9. The highest BCUT2D eigenvalue weighted by Crippen LogP contribution is 2.43. The molecule has 29 heavy (non-hydrogen) atoms. The maximum Gasteiger partial charge on any atom is 0.265 e. The second kappa shape index (κ2) is 6.97. The quantitative estimate of drug-likeness (QED) is 0.694. The summed E-state index contributed by atoms with van der Waals surface area (Å²) in [5.41, 5.74) is 0.930. The van der Waals surface area contributed by atoms with Gasteiger partial charge in [-0.25, -0.2) is 8.42 Å². The fourth-order valence-electron chi connectivity index (χ4n) is 3.58. The minimum absolute atomic E-state index is 0.215. The van der Waals surface area contributed by atoms with Crippen molar-refractivity contribution in [3.05, 3.63) is 54.6 Å². The van der Waals surface area contributed by atoms with E-state index in [9.17, 15) is 13.2 Å². The number of hydrogen-bond donors (Lipinski definition) is 1. The molecular weight excluding hydrogens is 392 g/mol. The number of amides is 1. The number of anilines is 2. The van der Waals surface area contributed by atoms with Crippen LogP contribution in [0.15, 0.2) is 59.5 Å². The number of nitrogens with zero attached hydrogens (tertiary/aromatic N) is 1. The van der Waals surface area contributed by atoms with Crippen molar-refractivity contribution in [3.63, 3.8) is 0 Å². The molecule has 1 atom stereocenters. The van der Waals surface area contributed by atoms with Crippen LogP contribution in [-0.2, 0) is 14.8 Å². The highest BCUT2D eigenvalue weighted by atomic mass is 32.2. The van der Waals surface area contributed by atoms with Crippen molar-refractivity contribution < 1.29 is 22.7 Å². The van der Waals surface area contributed by atoms with Gasteiger partial charge in [-0.05, 0) is 36.6 Å². The second-order valence-electron chi connectivity index (χ2n) is 6.66. The van der Waals surface area contributed by atoms with Crippen LogP contribution in [0.4, 0.5) is 11.4 Å². The predicted octanol–water partition coefficient (Wildman–Crippen LogP) is 3.39. The second-order valence-corrected chi connectivity index (χ2v) is 8.45. The molecule has 7 nitrogen and oxygen atoms in total. The highest BCUT2D eigenvalue weighted by Gasteiger charge is 2.40. The van der Waals surface area contributed by atoms with E-state index in [4.69, 9.17) is 9.47 Å². The zero-order valence-corrected chi connectivity index (χ0v) is 17.0. The van der Waals surface area contributed by atoms with Gasteiger partial charge in [-0.3, -0.25) is 9.10 Å². The summed E-state index contributed by atoms with van der Waals surface area (Å²) in [7, 11) is -0.824. The van der Waals surface area contributed by atoms with E-state index < -0.39 is 22.0 Å². The molecule has 0 spiro atoms. The van der Waals surface area contributed by atoms with Gasteiger partial charge >= 0.3 is 0 Å². The largest absolute Gasteiger partial charge is 0.497 e. The van der Waals surface area contributed by atoms with Gasteiger partial charge in [0, 0.05) is 11.5 Å². The molecule has 4 rings (SSSR count). The summed E-state index contributed by atoms with van der Waals surface area (Å²) in [4.78, 5) is 13.2. The summed E-state index contributed by atoms with van der Waals surface area (Å²) in [5, 5.41) is 4.21. The number of methoxy groups -OCH3 is 2. The first kappa shape index (κ1) is 19.1. The monoisotopic (exact) mass is 412 g/mol. The van der Waals surface area contributed by atoms with Crippen LogP contribution in [0.25, 0.3) is 10.8 Å². The molecule has 0 saturated carbocycles. The molecule has 1 N–H and O–H groups in total. The van der Waals surface area contributed by atoms with Gasteiger partial charge in [0.25, 0.3) is 10.0 Å². The Kier molecular flexibility index (Phi) is 4.58. The van der Waals surface area contributed by atoms with Crippen molar-refractivity contribution >= 4 is 38.1 Å². The molecular formula is C21H20N2O5S. The van der Waals surface area contributed by atoms with Crippen molar-refractivity contribution in [2.45, 2.75) is 17.9 Å². The van der Waals surface area contributed by atoms with E-state index in [1.54, 1.807) is 49.4 Å². The van der Waals surface area contributed by atoms with Gasteiger partial charge in [0.05, 0.1) is 30.5 Å². The van der Waals surface area contributed by atoms with Crippen molar-refractivity contribution in [3.8, 4) is 11.5 Å². The molecule has 1 aliphatic heterocycles. The van der Waals surface area contributed by atoms with Gasteiger partial charge in [0.15, 0.2) is 0 Å². The number of carbonyl (C=O) groups excluding carboxylic acids is 1. The molecule has 8 heteroatoms. The van der Waals surface area contributed by atoms with E-state index in [0.29, 0.717) is 28.3 Å². The third-order valence-corrected chi connectivity index (χ3v) is 6.94. The van der Waals surface area contributed by atoms with E-state index in [0.717, 1.165) is 5.39 Å². The van der Waals surface area contributed by atoms with Crippen LogP contribution in [0.1, 0.15) is 6.92 Å². The molecule has 0 unspecified atom stereocenters. The van der Waals surface area contributed by atoms with Crippen LogP contribution < -0.4 is 19.1 Å². The molecule has 150 valence electrons. The summed E-state index contributed by atoms with van der Waals surface area (Å²) < 4.78 is 38.0. The van der Waals surface area contributed by atoms with Gasteiger partial charge in [0.2, 0.25) is 5.91 Å². The number of nitrogens with one attached hydrogen (secondary N) is 1. The highest BCUT2D eigenvalue weighted by molar-refractivity contribution is 7.93. The Hall–Kier alpha value is -3.26. The van der Waals surface area contributed by atoms with Crippen LogP contribution in [0.3, 0.4) is 0 Å². The zero-order valence-electron chi connectivity index (χ0n) is 16.2. The van der Waals surface area contributed by atoms with E-state index in [2.05, 4.69) is 5.32 Å². The minimum atomic E-state index is -3.84. The Morgan fingerprint density at radius 2 is 1.76 bits per heavy atom. The van der Waals surface area contributed by atoms with Crippen LogP contribution in [0.5, 0.6) is 11.5 Å². The fourth-order valence-corrected chi connectivity index (χ4v) is 5.45. The predicted molar refractivity (Wildman–Crippen MR) is 111 cm³/mol. The maximum atomic E-state index is 13.2. The molecule has 1 aliphatic rings. The van der Waals surface area contributed by atoms with Gasteiger partial charge in [-0.2, -0.15) is 0 Å². The molecule has 0 saturated heterocycles. The number of benzene rings is 3. The lowest BCUT2D eigenvalue weighted by atomic mass is 10.1. The molecule has 0 radical (unpaired) electrons. The lowest BCUT2D eigenvalue weighted by molar-refractivity contribution is -0.116. The average Bonchev–Trinajstić information content (AvgIpc) is 2.96. The summed E-state index contributed by atoms with van der Waals surface area (Å²) >= 11 is 0. The Bertz CT molecular complexity index is 1220. The van der Waals surface area contributed by atoms with Crippen molar-refractivity contribution in [2.24, 2.45) is 0 Å². The molecule has 1 heterocycles. The molecule has 0 aliphatic carbocycles. The summed E-state index contributed by atoms with van der Waals surface area (Å²) in [5.74, 6) is 0.526. The van der Waals surface area contributed by atoms with Crippen molar-refractivity contribution in [1.82, 2.24) is 0 Å². The Balaban J connectivity index is 1.70. The standard InChI is InChI=1S/C21H20N2O5S/c1-13(21(24)22-16-11-10-15(27-2)12-18(16)28-3)23-17-8-4-6-14-7-5-9-19(20(14)17)29(23,25)26/h4-13H,1-3H3,(H,22,24)/t13-/m0/s1. The fraction of sp³-hybridized carbons (Fsp3) is 0.190. The molecule has 1 amide bonds. The summed E-state index contributed by atoms with van der Waals surface area (Å²) in [6, 6.07) is 14.5. The van der Waals surface area contributed by atoms with E-state index in [1.807, 2.05) is 12.1 Å². The molecule has 3 aromatic rings. The third-order valence-electron chi connectivity index (χ3n) is 5.02. The number of carbonyl (C=O) groups is 1. The topological polar surface area (TPSA) is 84.9 Å². The van der Waals surface area contributed by atoms with E-state index in [1.165, 1.54) is 18.5 Å². The smallest absolute Gasteiger partial charge is 0.265 e. The molecule has 0 fully saturated rings. The molecule has 0 aromatic heterocycles. The van der Waals surface area contributed by atoms with Gasteiger partial charge in [0.1, 0.15) is 17.5 Å².